The third-order valence-electron chi connectivity index (χ3n) is 3.57. The van der Waals surface area contributed by atoms with E-state index < -0.39 is 0 Å². The summed E-state index contributed by atoms with van der Waals surface area (Å²) in [5.74, 6) is 0. The van der Waals surface area contributed by atoms with Gasteiger partial charge in [0.2, 0.25) is 0 Å². The molecule has 2 aliphatic heterocycles. The molecule has 2 atom stereocenters. The van der Waals surface area contributed by atoms with Crippen LogP contribution in [0.25, 0.3) is 5.57 Å². The van der Waals surface area contributed by atoms with Gasteiger partial charge in [-0.05, 0) is 37.0 Å². The summed E-state index contributed by atoms with van der Waals surface area (Å²) < 4.78 is 5.13. The molecular weight excluding hydrogens is 212 g/mol. The van der Waals surface area contributed by atoms with Crippen molar-refractivity contribution in [1.82, 2.24) is 10.3 Å². The largest absolute Gasteiger partial charge is 0.378 e. The molecule has 3 heteroatoms. The van der Waals surface area contributed by atoms with Crippen LogP contribution in [-0.4, -0.2) is 24.2 Å². The fraction of sp³-hybridized carbons (Fsp3) is 0.500. The lowest BCUT2D eigenvalue weighted by Crippen LogP contribution is -2.32. The second-order valence-corrected chi connectivity index (χ2v) is 4.89. The monoisotopic (exact) mass is 230 g/mol. The minimum absolute atomic E-state index is 0.566. The van der Waals surface area contributed by atoms with E-state index in [0.717, 1.165) is 17.8 Å². The molecule has 0 spiro atoms. The summed E-state index contributed by atoms with van der Waals surface area (Å²) in [4.78, 5) is 4.66. The van der Waals surface area contributed by atoms with Gasteiger partial charge in [-0.2, -0.15) is 0 Å². The van der Waals surface area contributed by atoms with Gasteiger partial charge in [-0.25, -0.2) is 0 Å². The van der Waals surface area contributed by atoms with Crippen LogP contribution in [0.3, 0.4) is 0 Å². The number of nitrogens with one attached hydrogen (secondary N) is 1. The van der Waals surface area contributed by atoms with Gasteiger partial charge in [-0.1, -0.05) is 12.1 Å². The first kappa shape index (κ1) is 10.9. The Labute approximate surface area is 102 Å². The van der Waals surface area contributed by atoms with Crippen molar-refractivity contribution < 1.29 is 4.74 Å². The molecule has 0 saturated carbocycles. The zero-order valence-electron chi connectivity index (χ0n) is 10.1. The van der Waals surface area contributed by atoms with Gasteiger partial charge in [0.15, 0.2) is 0 Å². The Morgan fingerprint density at radius 2 is 2.35 bits per heavy atom. The van der Waals surface area contributed by atoms with Gasteiger partial charge in [-0.15, -0.1) is 0 Å². The average Bonchev–Trinajstić information content (AvgIpc) is 2.69. The summed E-state index contributed by atoms with van der Waals surface area (Å²) in [5, 5.41) is 3.60. The van der Waals surface area contributed by atoms with Crippen molar-refractivity contribution in [3.05, 3.63) is 35.7 Å². The van der Waals surface area contributed by atoms with Crippen LogP contribution >= 0.6 is 0 Å². The van der Waals surface area contributed by atoms with Crippen LogP contribution in [0.4, 0.5) is 0 Å². The number of aromatic nitrogens is 1. The topological polar surface area (TPSA) is 34.1 Å². The van der Waals surface area contributed by atoms with Gasteiger partial charge in [0.05, 0.1) is 18.0 Å². The second-order valence-electron chi connectivity index (χ2n) is 4.89. The fourth-order valence-electron chi connectivity index (χ4n) is 2.80. The highest BCUT2D eigenvalue weighted by Gasteiger charge is 2.28. The fourth-order valence-corrected chi connectivity index (χ4v) is 2.80. The van der Waals surface area contributed by atoms with Crippen LogP contribution in [-0.2, 0) is 11.3 Å². The second kappa shape index (κ2) is 4.59. The van der Waals surface area contributed by atoms with Crippen molar-refractivity contribution in [3.63, 3.8) is 0 Å². The molecule has 1 N–H and O–H groups in total. The summed E-state index contributed by atoms with van der Waals surface area (Å²) in [7, 11) is 1.71. The molecule has 17 heavy (non-hydrogen) atoms. The lowest BCUT2D eigenvalue weighted by molar-refractivity contribution is 0.181. The summed E-state index contributed by atoms with van der Waals surface area (Å²) in [6.45, 7) is 0.590. The maximum atomic E-state index is 5.13. The quantitative estimate of drug-likeness (QED) is 0.863. The Hall–Kier alpha value is -1.19. The average molecular weight is 230 g/mol. The first-order valence-electron chi connectivity index (χ1n) is 6.27. The predicted molar refractivity (Wildman–Crippen MR) is 67.5 cm³/mol. The Morgan fingerprint density at radius 3 is 3.18 bits per heavy atom. The summed E-state index contributed by atoms with van der Waals surface area (Å²) in [6, 6.07) is 7.42. The van der Waals surface area contributed by atoms with Gasteiger partial charge >= 0.3 is 0 Å². The first-order chi connectivity index (χ1) is 8.35. The van der Waals surface area contributed by atoms with Crippen LogP contribution in [0, 0.1) is 0 Å². The van der Waals surface area contributed by atoms with Gasteiger partial charge in [0.25, 0.3) is 0 Å². The minimum Gasteiger partial charge on any atom is -0.378 e. The Balaban J connectivity index is 1.86. The molecule has 0 aromatic carbocycles. The molecule has 3 nitrogen and oxygen atoms in total. The number of rotatable bonds is 3. The van der Waals surface area contributed by atoms with E-state index in [1.54, 1.807) is 7.11 Å². The lowest BCUT2D eigenvalue weighted by Gasteiger charge is -2.21. The van der Waals surface area contributed by atoms with Crippen molar-refractivity contribution in [2.75, 3.05) is 7.11 Å². The summed E-state index contributed by atoms with van der Waals surface area (Å²) >= 11 is 0. The van der Waals surface area contributed by atoms with E-state index in [4.69, 9.17) is 4.74 Å². The Kier molecular flexibility index (Phi) is 2.95. The van der Waals surface area contributed by atoms with E-state index in [9.17, 15) is 0 Å². The van der Waals surface area contributed by atoms with Crippen molar-refractivity contribution in [2.24, 2.45) is 0 Å². The van der Waals surface area contributed by atoms with Crippen molar-refractivity contribution in [3.8, 4) is 0 Å². The van der Waals surface area contributed by atoms with Crippen LogP contribution in [0.5, 0.6) is 0 Å². The number of ether oxygens (including phenoxy) is 1. The number of hydrogen-bond acceptors (Lipinski definition) is 3. The highest BCUT2D eigenvalue weighted by molar-refractivity contribution is 5.65. The molecule has 2 unspecified atom stereocenters. The van der Waals surface area contributed by atoms with E-state index in [-0.39, 0.29) is 0 Å². The van der Waals surface area contributed by atoms with Crippen molar-refractivity contribution in [2.45, 2.75) is 38.0 Å². The molecule has 0 radical (unpaired) electrons. The maximum absolute atomic E-state index is 5.13. The SMILES string of the molecule is COCc1cccc(C2=CC3CCC(C2)N3)n1. The molecule has 2 aliphatic rings. The third kappa shape index (κ3) is 2.26. The normalized spacial score (nSPS) is 27.0. The summed E-state index contributed by atoms with van der Waals surface area (Å²) in [5.41, 5.74) is 3.53. The van der Waals surface area contributed by atoms with Crippen LogP contribution < -0.4 is 5.32 Å². The van der Waals surface area contributed by atoms with E-state index in [1.165, 1.54) is 18.4 Å². The molecule has 3 heterocycles. The number of nitrogens with zero attached hydrogens (tertiary/aromatic N) is 1. The third-order valence-corrected chi connectivity index (χ3v) is 3.57. The van der Waals surface area contributed by atoms with E-state index in [0.29, 0.717) is 18.7 Å². The highest BCUT2D eigenvalue weighted by atomic mass is 16.5. The van der Waals surface area contributed by atoms with E-state index in [1.807, 2.05) is 6.07 Å². The van der Waals surface area contributed by atoms with Crippen LogP contribution in [0.15, 0.2) is 24.3 Å². The first-order valence-corrected chi connectivity index (χ1v) is 6.27. The smallest absolute Gasteiger partial charge is 0.0884 e. The van der Waals surface area contributed by atoms with Crippen LogP contribution in [0.1, 0.15) is 30.7 Å². The Morgan fingerprint density at radius 1 is 1.41 bits per heavy atom. The standard InChI is InChI=1S/C14H18N2O/c1-17-9-13-3-2-4-14(16-13)10-7-11-5-6-12(8-10)15-11/h2-4,7,11-12,15H,5-6,8-9H2,1H3. The molecule has 1 fully saturated rings. The van der Waals surface area contributed by atoms with Gasteiger partial charge in [0.1, 0.15) is 0 Å². The molecule has 3 rings (SSSR count). The number of pyridine rings is 1. The Bertz CT molecular complexity index is 442. The minimum atomic E-state index is 0.566. The zero-order chi connectivity index (χ0) is 11.7. The predicted octanol–water partition coefficient (Wildman–Crippen LogP) is 2.14. The molecule has 0 amide bonds. The van der Waals surface area contributed by atoms with Gasteiger partial charge in [0, 0.05) is 19.2 Å². The molecular formula is C14H18N2O. The van der Waals surface area contributed by atoms with Gasteiger partial charge in [-0.3, -0.25) is 4.98 Å². The highest BCUT2D eigenvalue weighted by Crippen LogP contribution is 2.31. The maximum Gasteiger partial charge on any atom is 0.0884 e. The molecule has 1 aromatic heterocycles. The van der Waals surface area contributed by atoms with E-state index in [2.05, 4.69) is 28.5 Å². The summed E-state index contributed by atoms with van der Waals surface area (Å²) in [6.07, 6.45) is 6.02. The number of methoxy groups -OCH3 is 1. The molecule has 0 aliphatic carbocycles. The molecule has 2 bridgehead atoms. The van der Waals surface area contributed by atoms with E-state index >= 15 is 0 Å². The number of hydrogen-bond donors (Lipinski definition) is 1. The molecule has 90 valence electrons. The molecule has 1 saturated heterocycles. The zero-order valence-corrected chi connectivity index (χ0v) is 10.1. The van der Waals surface area contributed by atoms with Gasteiger partial charge < -0.3 is 10.1 Å². The van der Waals surface area contributed by atoms with Crippen molar-refractivity contribution in [1.29, 1.82) is 0 Å². The molecule has 1 aromatic rings. The van der Waals surface area contributed by atoms with Crippen molar-refractivity contribution >= 4 is 5.57 Å². The lowest BCUT2D eigenvalue weighted by atomic mass is 10.00. The van der Waals surface area contributed by atoms with Crippen LogP contribution in [0.2, 0.25) is 0 Å². The number of fused-ring (bicyclic) bond motifs is 2.